The first kappa shape index (κ1) is 20.1. The highest BCUT2D eigenvalue weighted by Gasteiger charge is 2.32. The van der Waals surface area contributed by atoms with Gasteiger partial charge in [-0.15, -0.1) is 0 Å². The molecule has 1 aromatic carbocycles. The molecule has 0 radical (unpaired) electrons. The Morgan fingerprint density at radius 1 is 1.32 bits per heavy atom. The topological polar surface area (TPSA) is 105 Å². The molecule has 2 N–H and O–H groups in total. The van der Waals surface area contributed by atoms with Crippen LogP contribution in [0.4, 0.5) is 0 Å². The number of nitrogens with zero attached hydrogens (tertiary/aromatic N) is 3. The molecule has 0 spiro atoms. The van der Waals surface area contributed by atoms with Crippen LogP contribution in [0, 0.1) is 12.8 Å². The zero-order valence-electron chi connectivity index (χ0n) is 16.2. The van der Waals surface area contributed by atoms with Crippen molar-refractivity contribution in [3.05, 3.63) is 48.0 Å². The van der Waals surface area contributed by atoms with E-state index in [1.807, 2.05) is 31.5 Å². The minimum absolute atomic E-state index is 0.0827. The van der Waals surface area contributed by atoms with Crippen molar-refractivity contribution in [2.45, 2.75) is 44.7 Å². The molecule has 1 atom stereocenters. The Bertz CT molecular complexity index is 995. The smallest absolute Gasteiger partial charge is 0.263 e. The van der Waals surface area contributed by atoms with Crippen molar-refractivity contribution in [2.24, 2.45) is 10.9 Å². The molecule has 0 saturated carbocycles. The lowest BCUT2D eigenvalue weighted by molar-refractivity contribution is -0.123. The normalized spacial score (nSPS) is 17.4. The van der Waals surface area contributed by atoms with E-state index in [4.69, 9.17) is 0 Å². The predicted octanol–water partition coefficient (Wildman–Crippen LogP) is 1.46. The van der Waals surface area contributed by atoms with Gasteiger partial charge in [0.25, 0.3) is 10.0 Å². The van der Waals surface area contributed by atoms with Crippen molar-refractivity contribution >= 4 is 21.8 Å². The van der Waals surface area contributed by atoms with Crippen LogP contribution in [0.5, 0.6) is 0 Å². The summed E-state index contributed by atoms with van der Waals surface area (Å²) >= 11 is 0. The maximum atomic E-state index is 12.7. The molecule has 0 saturated heterocycles. The first-order chi connectivity index (χ1) is 13.3. The summed E-state index contributed by atoms with van der Waals surface area (Å²) in [6.45, 7) is 6.98. The minimum atomic E-state index is -3.62. The molecule has 0 fully saturated rings. The third kappa shape index (κ3) is 4.24. The molecular weight excluding hydrogens is 378 g/mol. The number of rotatable bonds is 7. The zero-order valence-corrected chi connectivity index (χ0v) is 17.0. The Hall–Kier alpha value is -2.68. The summed E-state index contributed by atoms with van der Waals surface area (Å²) in [4.78, 5) is 21.5. The van der Waals surface area contributed by atoms with Crippen molar-refractivity contribution in [1.82, 2.24) is 19.6 Å². The predicted molar refractivity (Wildman–Crippen MR) is 107 cm³/mol. The first-order valence-electron chi connectivity index (χ1n) is 9.25. The molecule has 3 rings (SSSR count). The number of nitrogens with one attached hydrogen (secondary N) is 2. The van der Waals surface area contributed by atoms with E-state index in [2.05, 4.69) is 20.0 Å². The molecule has 1 aromatic heterocycles. The Balaban J connectivity index is 1.67. The van der Waals surface area contributed by atoms with Crippen LogP contribution in [0.25, 0.3) is 0 Å². The number of aromatic nitrogens is 2. The Morgan fingerprint density at radius 2 is 2.07 bits per heavy atom. The van der Waals surface area contributed by atoms with Crippen molar-refractivity contribution in [2.75, 3.05) is 6.54 Å². The molecule has 150 valence electrons. The number of carbonyl (C=O) groups excluding carboxylic acids is 1. The van der Waals surface area contributed by atoms with Crippen molar-refractivity contribution in [1.29, 1.82) is 0 Å². The number of sulfonamides is 1. The van der Waals surface area contributed by atoms with Crippen LogP contribution >= 0.6 is 0 Å². The lowest BCUT2D eigenvalue weighted by Crippen LogP contribution is -2.39. The number of fused-ring (bicyclic) bond motifs is 1. The first-order valence-corrected chi connectivity index (χ1v) is 10.7. The second-order valence-electron chi connectivity index (χ2n) is 7.08. The summed E-state index contributed by atoms with van der Waals surface area (Å²) in [5, 5.41) is 2.91. The third-order valence-corrected chi connectivity index (χ3v) is 6.03. The lowest BCUT2D eigenvalue weighted by atomic mass is 10.0. The van der Waals surface area contributed by atoms with Gasteiger partial charge in [-0.2, -0.15) is 0 Å². The zero-order chi connectivity index (χ0) is 20.3. The molecular formula is C19H25N5O3S. The SMILES string of the molecule is Cc1nccn1CCCNC(=O)[C@@H](N=C1NS(=O)(=O)c2ccccc21)C(C)C. The molecule has 28 heavy (non-hydrogen) atoms. The van der Waals surface area contributed by atoms with E-state index in [0.717, 1.165) is 18.8 Å². The lowest BCUT2D eigenvalue weighted by Gasteiger charge is -2.17. The number of amides is 1. The number of imidazole rings is 1. The number of benzene rings is 1. The summed E-state index contributed by atoms with van der Waals surface area (Å²) in [5.74, 6) is 0.859. The highest BCUT2D eigenvalue weighted by atomic mass is 32.2. The van der Waals surface area contributed by atoms with Crippen LogP contribution < -0.4 is 10.0 Å². The van der Waals surface area contributed by atoms with E-state index in [9.17, 15) is 13.2 Å². The van der Waals surface area contributed by atoms with Gasteiger partial charge in [-0.25, -0.2) is 13.4 Å². The molecule has 8 nitrogen and oxygen atoms in total. The van der Waals surface area contributed by atoms with E-state index in [0.29, 0.717) is 12.1 Å². The summed E-state index contributed by atoms with van der Waals surface area (Å²) in [7, 11) is -3.62. The molecule has 0 bridgehead atoms. The summed E-state index contributed by atoms with van der Waals surface area (Å²) in [5.41, 5.74) is 0.497. The maximum Gasteiger partial charge on any atom is 0.263 e. The highest BCUT2D eigenvalue weighted by Crippen LogP contribution is 2.23. The number of hydrogen-bond donors (Lipinski definition) is 2. The van der Waals surface area contributed by atoms with E-state index >= 15 is 0 Å². The van der Waals surface area contributed by atoms with Gasteiger partial charge in [0.05, 0.1) is 4.90 Å². The molecule has 9 heteroatoms. The average Bonchev–Trinajstić information content (AvgIpc) is 3.17. The van der Waals surface area contributed by atoms with Crippen LogP contribution in [-0.4, -0.2) is 42.3 Å². The second-order valence-corrected chi connectivity index (χ2v) is 8.73. The Morgan fingerprint density at radius 3 is 2.75 bits per heavy atom. The molecule has 1 amide bonds. The van der Waals surface area contributed by atoms with E-state index in [1.165, 1.54) is 6.07 Å². The van der Waals surface area contributed by atoms with Crippen LogP contribution in [-0.2, 0) is 21.4 Å². The second kappa shape index (κ2) is 8.14. The standard InChI is InChI=1S/C19H25N5O3S/c1-13(2)17(19(25)21-9-6-11-24-12-10-20-14(24)3)22-18-15-7-4-5-8-16(15)28(26,27)23-18/h4-5,7-8,10,12-13,17H,6,9,11H2,1-3H3,(H,21,25)(H,22,23)/t17-/m0/s1. The number of aliphatic imine (C=N–C) groups is 1. The quantitative estimate of drug-likeness (QED) is 0.683. The maximum absolute atomic E-state index is 12.7. The van der Waals surface area contributed by atoms with E-state index in [1.54, 1.807) is 24.4 Å². The van der Waals surface area contributed by atoms with Gasteiger partial charge in [-0.1, -0.05) is 26.0 Å². The molecule has 1 aliphatic heterocycles. The fourth-order valence-corrected chi connectivity index (χ4v) is 4.32. The van der Waals surface area contributed by atoms with Crippen LogP contribution in [0.3, 0.4) is 0 Å². The van der Waals surface area contributed by atoms with Gasteiger partial charge in [0, 0.05) is 31.0 Å². The van der Waals surface area contributed by atoms with Crippen molar-refractivity contribution in [3.63, 3.8) is 0 Å². The van der Waals surface area contributed by atoms with Gasteiger partial charge in [0.15, 0.2) is 0 Å². The minimum Gasteiger partial charge on any atom is -0.354 e. The summed E-state index contributed by atoms with van der Waals surface area (Å²) < 4.78 is 29.0. The third-order valence-electron chi connectivity index (χ3n) is 4.63. The van der Waals surface area contributed by atoms with Gasteiger partial charge >= 0.3 is 0 Å². The van der Waals surface area contributed by atoms with Crippen molar-refractivity contribution in [3.8, 4) is 0 Å². The Labute approximate surface area is 165 Å². The Kier molecular flexibility index (Phi) is 5.83. The van der Waals surface area contributed by atoms with Crippen LogP contribution in [0.2, 0.25) is 0 Å². The van der Waals surface area contributed by atoms with Crippen LogP contribution in [0.15, 0.2) is 46.5 Å². The van der Waals surface area contributed by atoms with Gasteiger partial charge in [0.1, 0.15) is 17.7 Å². The number of carbonyl (C=O) groups is 1. The summed E-state index contributed by atoms with van der Waals surface area (Å²) in [6, 6.07) is 5.95. The largest absolute Gasteiger partial charge is 0.354 e. The molecule has 2 heterocycles. The fraction of sp³-hybridized carbons (Fsp3) is 0.421. The molecule has 0 aliphatic carbocycles. The van der Waals surface area contributed by atoms with Crippen molar-refractivity contribution < 1.29 is 13.2 Å². The molecule has 0 unspecified atom stereocenters. The average molecular weight is 404 g/mol. The number of aryl methyl sites for hydroxylation is 2. The fourth-order valence-electron chi connectivity index (χ4n) is 3.08. The van der Waals surface area contributed by atoms with Crippen LogP contribution in [0.1, 0.15) is 31.7 Å². The van der Waals surface area contributed by atoms with Gasteiger partial charge in [0.2, 0.25) is 5.91 Å². The van der Waals surface area contributed by atoms with Gasteiger partial charge < -0.3 is 9.88 Å². The number of amidine groups is 1. The molecule has 2 aromatic rings. The highest BCUT2D eigenvalue weighted by molar-refractivity contribution is 7.90. The van der Waals surface area contributed by atoms with E-state index < -0.39 is 16.1 Å². The van der Waals surface area contributed by atoms with Gasteiger partial charge in [-0.05, 0) is 31.4 Å². The monoisotopic (exact) mass is 403 g/mol. The van der Waals surface area contributed by atoms with E-state index in [-0.39, 0.29) is 22.6 Å². The van der Waals surface area contributed by atoms with Gasteiger partial charge in [-0.3, -0.25) is 14.5 Å². The molecule has 1 aliphatic rings. The summed E-state index contributed by atoms with van der Waals surface area (Å²) in [6.07, 6.45) is 4.42. The number of hydrogen-bond acceptors (Lipinski definition) is 5.